The van der Waals surface area contributed by atoms with Crippen molar-refractivity contribution in [1.29, 1.82) is 0 Å². The van der Waals surface area contributed by atoms with E-state index >= 15 is 0 Å². The van der Waals surface area contributed by atoms with Crippen molar-refractivity contribution >= 4 is 5.97 Å². The lowest BCUT2D eigenvalue weighted by molar-refractivity contribution is 0.0600. The highest BCUT2D eigenvalue weighted by Crippen LogP contribution is 2.40. The van der Waals surface area contributed by atoms with Gasteiger partial charge in [0, 0.05) is 0 Å². The zero-order valence-electron chi connectivity index (χ0n) is 8.64. The molecule has 0 radical (unpaired) electrons. The van der Waals surface area contributed by atoms with Gasteiger partial charge in [-0.05, 0) is 36.5 Å². The van der Waals surface area contributed by atoms with Gasteiger partial charge in [0.25, 0.3) is 0 Å². The smallest absolute Gasteiger partial charge is 0.337 e. The average molecular weight is 206 g/mol. The fourth-order valence-corrected chi connectivity index (χ4v) is 1.62. The summed E-state index contributed by atoms with van der Waals surface area (Å²) in [6.45, 7) is 0. The second-order valence-corrected chi connectivity index (χ2v) is 3.90. The summed E-state index contributed by atoms with van der Waals surface area (Å²) >= 11 is 0. The molecule has 0 aliphatic heterocycles. The largest absolute Gasteiger partial charge is 0.465 e. The summed E-state index contributed by atoms with van der Waals surface area (Å²) < 4.78 is 4.59. The fourth-order valence-electron chi connectivity index (χ4n) is 1.62. The SMILES string of the molecule is COC(=O)c1ccc(C(O)C2CC2)cc1. The van der Waals surface area contributed by atoms with Gasteiger partial charge in [0.15, 0.2) is 0 Å². The molecular weight excluding hydrogens is 192 g/mol. The Kier molecular flexibility index (Phi) is 2.73. The third-order valence-electron chi connectivity index (χ3n) is 2.74. The number of hydrogen-bond donors (Lipinski definition) is 1. The quantitative estimate of drug-likeness (QED) is 0.768. The van der Waals surface area contributed by atoms with E-state index in [1.807, 2.05) is 0 Å². The minimum atomic E-state index is -0.378. The molecular formula is C12H14O3. The summed E-state index contributed by atoms with van der Waals surface area (Å²) in [4.78, 5) is 11.2. The Hall–Kier alpha value is -1.35. The van der Waals surface area contributed by atoms with Gasteiger partial charge in [-0.15, -0.1) is 0 Å². The van der Waals surface area contributed by atoms with Gasteiger partial charge in [-0.1, -0.05) is 12.1 Å². The fraction of sp³-hybridized carbons (Fsp3) is 0.417. The topological polar surface area (TPSA) is 46.5 Å². The summed E-state index contributed by atoms with van der Waals surface area (Å²) in [6.07, 6.45) is 1.82. The molecule has 0 aromatic heterocycles. The highest BCUT2D eigenvalue weighted by molar-refractivity contribution is 5.89. The zero-order valence-corrected chi connectivity index (χ0v) is 8.64. The molecule has 0 heterocycles. The number of carbonyl (C=O) groups excluding carboxylic acids is 1. The number of hydrogen-bond acceptors (Lipinski definition) is 3. The van der Waals surface area contributed by atoms with E-state index in [0.717, 1.165) is 18.4 Å². The van der Waals surface area contributed by atoms with Crippen molar-refractivity contribution in [1.82, 2.24) is 0 Å². The number of benzene rings is 1. The van der Waals surface area contributed by atoms with E-state index in [-0.39, 0.29) is 12.1 Å². The van der Waals surface area contributed by atoms with Crippen molar-refractivity contribution < 1.29 is 14.6 Å². The van der Waals surface area contributed by atoms with Gasteiger partial charge < -0.3 is 9.84 Å². The van der Waals surface area contributed by atoms with Crippen LogP contribution in [0.5, 0.6) is 0 Å². The average Bonchev–Trinajstić information content (AvgIpc) is 3.11. The predicted molar refractivity (Wildman–Crippen MR) is 55.5 cm³/mol. The van der Waals surface area contributed by atoms with Crippen LogP contribution in [0.25, 0.3) is 0 Å². The first-order valence-corrected chi connectivity index (χ1v) is 5.08. The van der Waals surface area contributed by atoms with Crippen LogP contribution in [0.2, 0.25) is 0 Å². The first kappa shape index (κ1) is 10.2. The van der Waals surface area contributed by atoms with Gasteiger partial charge in [0.05, 0.1) is 18.8 Å². The van der Waals surface area contributed by atoms with Crippen LogP contribution in [0.1, 0.15) is 34.9 Å². The number of aliphatic hydroxyl groups excluding tert-OH is 1. The Labute approximate surface area is 88.7 Å². The Morgan fingerprint density at radius 3 is 2.47 bits per heavy atom. The van der Waals surface area contributed by atoms with Crippen LogP contribution >= 0.6 is 0 Å². The van der Waals surface area contributed by atoms with Gasteiger partial charge in [-0.25, -0.2) is 4.79 Å². The second kappa shape index (κ2) is 4.03. The summed E-state index contributed by atoms with van der Waals surface area (Å²) in [5.74, 6) is 0.0661. The van der Waals surface area contributed by atoms with Gasteiger partial charge in [-0.2, -0.15) is 0 Å². The molecule has 0 amide bonds. The molecule has 1 aromatic rings. The predicted octanol–water partition coefficient (Wildman–Crippen LogP) is 1.92. The number of ether oxygens (including phenoxy) is 1. The summed E-state index contributed by atoms with van der Waals surface area (Å²) in [7, 11) is 1.36. The molecule has 1 saturated carbocycles. The number of rotatable bonds is 3. The molecule has 1 unspecified atom stereocenters. The standard InChI is InChI=1S/C12H14O3/c1-15-12(14)10-6-4-9(5-7-10)11(13)8-2-3-8/h4-8,11,13H,2-3H2,1H3. The van der Waals surface area contributed by atoms with Crippen molar-refractivity contribution in [3.63, 3.8) is 0 Å². The molecule has 1 N–H and O–H groups in total. The van der Waals surface area contributed by atoms with Crippen molar-refractivity contribution in [3.05, 3.63) is 35.4 Å². The first-order valence-electron chi connectivity index (χ1n) is 5.08. The molecule has 1 aromatic carbocycles. The van der Waals surface area contributed by atoms with Crippen LogP contribution in [0, 0.1) is 5.92 Å². The highest BCUT2D eigenvalue weighted by atomic mass is 16.5. The molecule has 2 rings (SSSR count). The minimum Gasteiger partial charge on any atom is -0.465 e. The molecule has 3 heteroatoms. The molecule has 1 fully saturated rings. The van der Waals surface area contributed by atoms with Crippen LogP contribution in [0.4, 0.5) is 0 Å². The van der Waals surface area contributed by atoms with Gasteiger partial charge in [0.2, 0.25) is 0 Å². The Balaban J connectivity index is 2.12. The number of esters is 1. The number of aliphatic hydroxyl groups is 1. The van der Waals surface area contributed by atoms with Crippen LogP contribution in [-0.4, -0.2) is 18.2 Å². The Morgan fingerprint density at radius 2 is 2.00 bits per heavy atom. The highest BCUT2D eigenvalue weighted by Gasteiger charge is 2.30. The van der Waals surface area contributed by atoms with Crippen molar-refractivity contribution in [2.45, 2.75) is 18.9 Å². The maximum absolute atomic E-state index is 11.2. The van der Waals surface area contributed by atoms with E-state index in [9.17, 15) is 9.90 Å². The maximum atomic E-state index is 11.2. The maximum Gasteiger partial charge on any atom is 0.337 e. The second-order valence-electron chi connectivity index (χ2n) is 3.90. The van der Waals surface area contributed by atoms with Crippen molar-refractivity contribution in [3.8, 4) is 0 Å². The lowest BCUT2D eigenvalue weighted by atomic mass is 10.0. The molecule has 15 heavy (non-hydrogen) atoms. The van der Waals surface area contributed by atoms with Crippen LogP contribution in [-0.2, 0) is 4.74 Å². The molecule has 0 saturated heterocycles. The molecule has 1 atom stereocenters. The monoisotopic (exact) mass is 206 g/mol. The summed E-state index contributed by atoms with van der Waals surface area (Å²) in [5, 5.41) is 9.83. The molecule has 1 aliphatic rings. The Bertz CT molecular complexity index is 352. The van der Waals surface area contributed by atoms with E-state index in [2.05, 4.69) is 4.74 Å². The normalized spacial score (nSPS) is 17.2. The van der Waals surface area contributed by atoms with Crippen molar-refractivity contribution in [2.24, 2.45) is 5.92 Å². The minimum absolute atomic E-state index is 0.345. The van der Waals surface area contributed by atoms with Gasteiger partial charge in [-0.3, -0.25) is 0 Å². The van der Waals surface area contributed by atoms with Gasteiger partial charge >= 0.3 is 5.97 Å². The number of carbonyl (C=O) groups is 1. The van der Waals surface area contributed by atoms with Crippen LogP contribution in [0.15, 0.2) is 24.3 Å². The summed E-state index contributed by atoms with van der Waals surface area (Å²) in [5.41, 5.74) is 1.40. The van der Waals surface area contributed by atoms with E-state index in [0.29, 0.717) is 11.5 Å². The molecule has 0 bridgehead atoms. The van der Waals surface area contributed by atoms with Crippen molar-refractivity contribution in [2.75, 3.05) is 7.11 Å². The number of methoxy groups -OCH3 is 1. The molecule has 80 valence electrons. The molecule has 3 nitrogen and oxygen atoms in total. The molecule has 0 spiro atoms. The van der Waals surface area contributed by atoms with E-state index < -0.39 is 0 Å². The van der Waals surface area contributed by atoms with Crippen LogP contribution in [0.3, 0.4) is 0 Å². The van der Waals surface area contributed by atoms with Crippen LogP contribution < -0.4 is 0 Å². The third-order valence-corrected chi connectivity index (χ3v) is 2.74. The molecule has 1 aliphatic carbocycles. The lowest BCUT2D eigenvalue weighted by Gasteiger charge is -2.09. The zero-order chi connectivity index (χ0) is 10.8. The van der Waals surface area contributed by atoms with E-state index in [4.69, 9.17) is 0 Å². The van der Waals surface area contributed by atoms with Gasteiger partial charge in [0.1, 0.15) is 0 Å². The first-order chi connectivity index (χ1) is 7.22. The third kappa shape index (κ3) is 2.18. The lowest BCUT2D eigenvalue weighted by Crippen LogP contribution is -2.03. The van der Waals surface area contributed by atoms with E-state index in [1.165, 1.54) is 7.11 Å². The van der Waals surface area contributed by atoms with E-state index in [1.54, 1.807) is 24.3 Å². The summed E-state index contributed by atoms with van der Waals surface area (Å²) in [6, 6.07) is 6.95. The Morgan fingerprint density at radius 1 is 1.40 bits per heavy atom.